The first kappa shape index (κ1) is 25.0. The number of nitrogens with zero attached hydrogens (tertiary/aromatic N) is 1. The Kier molecular flexibility index (Phi) is 9.11. The Morgan fingerprint density at radius 2 is 1.76 bits per heavy atom. The van der Waals surface area contributed by atoms with Gasteiger partial charge in [0.25, 0.3) is 5.91 Å². The molecule has 1 saturated heterocycles. The van der Waals surface area contributed by atoms with E-state index in [4.69, 9.17) is 4.74 Å². The Bertz CT molecular complexity index is 794. The molecular formula is C25H37N3O5. The second-order valence-electron chi connectivity index (χ2n) is 9.46. The Morgan fingerprint density at radius 1 is 1.06 bits per heavy atom. The van der Waals surface area contributed by atoms with Crippen LogP contribution in [0.4, 0.5) is 4.79 Å². The maximum absolute atomic E-state index is 13.3. The van der Waals surface area contributed by atoms with E-state index in [2.05, 4.69) is 10.6 Å². The summed E-state index contributed by atoms with van der Waals surface area (Å²) >= 11 is 0. The second kappa shape index (κ2) is 12.0. The lowest BCUT2D eigenvalue weighted by molar-refractivity contribution is -0.141. The van der Waals surface area contributed by atoms with Crippen molar-refractivity contribution < 1.29 is 24.2 Å². The van der Waals surface area contributed by atoms with Gasteiger partial charge >= 0.3 is 6.09 Å². The van der Waals surface area contributed by atoms with Crippen molar-refractivity contribution in [3.8, 4) is 0 Å². The third-order valence-corrected chi connectivity index (χ3v) is 6.59. The van der Waals surface area contributed by atoms with Gasteiger partial charge < -0.3 is 25.4 Å². The minimum atomic E-state index is -1.28. The van der Waals surface area contributed by atoms with Gasteiger partial charge in [0.2, 0.25) is 5.91 Å². The number of likely N-dealkylation sites (tertiary alicyclic amines) is 1. The number of carbonyl (C=O) groups excluding carboxylic acids is 3. The van der Waals surface area contributed by atoms with Gasteiger partial charge in [0.05, 0.1) is 6.04 Å². The Morgan fingerprint density at radius 3 is 2.42 bits per heavy atom. The number of aliphatic hydroxyl groups excluding tert-OH is 1. The minimum absolute atomic E-state index is 0.0934. The number of rotatable bonds is 8. The second-order valence-corrected chi connectivity index (χ2v) is 9.46. The van der Waals surface area contributed by atoms with E-state index in [9.17, 15) is 19.5 Å². The topological polar surface area (TPSA) is 108 Å². The van der Waals surface area contributed by atoms with E-state index in [0.29, 0.717) is 19.4 Å². The summed E-state index contributed by atoms with van der Waals surface area (Å²) in [5, 5.41) is 16.4. The molecule has 1 heterocycles. The molecule has 2 unspecified atom stereocenters. The molecule has 3 atom stereocenters. The van der Waals surface area contributed by atoms with Crippen LogP contribution in [0.2, 0.25) is 0 Å². The zero-order valence-corrected chi connectivity index (χ0v) is 19.7. The smallest absolute Gasteiger partial charge is 0.408 e. The van der Waals surface area contributed by atoms with E-state index in [0.717, 1.165) is 31.2 Å². The van der Waals surface area contributed by atoms with Gasteiger partial charge in [-0.15, -0.1) is 0 Å². The highest BCUT2D eigenvalue weighted by Crippen LogP contribution is 2.24. The van der Waals surface area contributed by atoms with E-state index in [1.807, 2.05) is 44.2 Å². The van der Waals surface area contributed by atoms with Crippen molar-refractivity contribution in [3.63, 3.8) is 0 Å². The Balaban J connectivity index is 1.58. The fourth-order valence-corrected chi connectivity index (χ4v) is 4.69. The predicted molar refractivity (Wildman–Crippen MR) is 124 cm³/mol. The fraction of sp³-hybridized carbons (Fsp3) is 0.640. The molecule has 1 aromatic carbocycles. The van der Waals surface area contributed by atoms with Crippen LogP contribution < -0.4 is 10.6 Å². The van der Waals surface area contributed by atoms with Crippen LogP contribution in [0.1, 0.15) is 64.4 Å². The van der Waals surface area contributed by atoms with Crippen molar-refractivity contribution in [2.45, 2.75) is 89.6 Å². The standard InChI is InChI=1S/C25H37N3O5/c1-17(2)21(27-25(32)33-16-18-10-5-3-6-11-18)24(31)28-15-9-14-20(28)22(29)23(30)26-19-12-7-4-8-13-19/h3,5-6,10-11,17,19-22,29H,4,7-9,12-16H2,1-2H3,(H,26,30)(H,27,32)/t20?,21-,22?/m0/s1. The van der Waals surface area contributed by atoms with Gasteiger partial charge in [0, 0.05) is 12.6 Å². The molecule has 3 amide bonds. The Labute approximate surface area is 196 Å². The van der Waals surface area contributed by atoms with Crippen LogP contribution in [0.5, 0.6) is 0 Å². The highest BCUT2D eigenvalue weighted by atomic mass is 16.5. The lowest BCUT2D eigenvalue weighted by Crippen LogP contribution is -2.57. The molecule has 33 heavy (non-hydrogen) atoms. The van der Waals surface area contributed by atoms with E-state index in [1.54, 1.807) is 4.90 Å². The maximum Gasteiger partial charge on any atom is 0.408 e. The molecular weight excluding hydrogens is 422 g/mol. The van der Waals surface area contributed by atoms with Crippen molar-refractivity contribution in [1.82, 2.24) is 15.5 Å². The van der Waals surface area contributed by atoms with E-state index < -0.39 is 30.2 Å². The minimum Gasteiger partial charge on any atom is -0.445 e. The van der Waals surface area contributed by atoms with Crippen LogP contribution in [0.25, 0.3) is 0 Å². The highest BCUT2D eigenvalue weighted by Gasteiger charge is 2.41. The maximum atomic E-state index is 13.3. The molecule has 8 nitrogen and oxygen atoms in total. The first-order valence-corrected chi connectivity index (χ1v) is 12.1. The molecule has 1 saturated carbocycles. The molecule has 2 fully saturated rings. The summed E-state index contributed by atoms with van der Waals surface area (Å²) in [6.45, 7) is 4.24. The molecule has 182 valence electrons. The van der Waals surface area contributed by atoms with Crippen molar-refractivity contribution >= 4 is 17.9 Å². The molecule has 0 aromatic heterocycles. The monoisotopic (exact) mass is 459 g/mol. The average Bonchev–Trinajstić information content (AvgIpc) is 3.31. The third kappa shape index (κ3) is 6.93. The van der Waals surface area contributed by atoms with Crippen LogP contribution in [0.3, 0.4) is 0 Å². The molecule has 0 bridgehead atoms. The summed E-state index contributed by atoms with van der Waals surface area (Å²) in [5.74, 6) is -0.896. The van der Waals surface area contributed by atoms with Gasteiger partial charge in [-0.05, 0) is 37.2 Å². The van der Waals surface area contributed by atoms with Crippen LogP contribution in [-0.2, 0) is 20.9 Å². The quantitative estimate of drug-likeness (QED) is 0.554. The molecule has 3 N–H and O–H groups in total. The number of hydrogen-bond acceptors (Lipinski definition) is 5. The van der Waals surface area contributed by atoms with E-state index in [1.165, 1.54) is 6.42 Å². The zero-order chi connectivity index (χ0) is 23.8. The van der Waals surface area contributed by atoms with Crippen molar-refractivity contribution in [3.05, 3.63) is 35.9 Å². The number of alkyl carbamates (subject to hydrolysis) is 1. The van der Waals surface area contributed by atoms with Crippen molar-refractivity contribution in [1.29, 1.82) is 0 Å². The number of hydrogen-bond donors (Lipinski definition) is 3. The summed E-state index contributed by atoms with van der Waals surface area (Å²) in [7, 11) is 0. The number of benzene rings is 1. The average molecular weight is 460 g/mol. The summed E-state index contributed by atoms with van der Waals surface area (Å²) < 4.78 is 5.28. The van der Waals surface area contributed by atoms with Crippen molar-refractivity contribution in [2.75, 3.05) is 6.54 Å². The third-order valence-electron chi connectivity index (χ3n) is 6.59. The SMILES string of the molecule is CC(C)[C@H](NC(=O)OCc1ccccc1)C(=O)N1CCCC1C(O)C(=O)NC1CCCCC1. The number of aliphatic hydroxyl groups is 1. The van der Waals surface area contributed by atoms with Crippen molar-refractivity contribution in [2.24, 2.45) is 5.92 Å². The molecule has 2 aliphatic rings. The number of nitrogens with one attached hydrogen (secondary N) is 2. The molecule has 0 spiro atoms. The number of carbonyl (C=O) groups is 3. The van der Waals surface area contributed by atoms with Gasteiger partial charge in [-0.2, -0.15) is 0 Å². The van der Waals surface area contributed by atoms with Gasteiger partial charge in [0.1, 0.15) is 12.6 Å². The number of amides is 3. The van der Waals surface area contributed by atoms with Crippen LogP contribution in [-0.4, -0.2) is 58.7 Å². The summed E-state index contributed by atoms with van der Waals surface area (Å²) in [5.41, 5.74) is 0.854. The Hall–Kier alpha value is -2.61. The molecule has 1 aliphatic heterocycles. The predicted octanol–water partition coefficient (Wildman–Crippen LogP) is 2.74. The first-order chi connectivity index (χ1) is 15.9. The van der Waals surface area contributed by atoms with E-state index in [-0.39, 0.29) is 24.5 Å². The molecule has 1 aliphatic carbocycles. The summed E-state index contributed by atoms with van der Waals surface area (Å²) in [6.07, 6.45) is 4.49. The fourth-order valence-electron chi connectivity index (χ4n) is 4.69. The molecule has 1 aromatic rings. The van der Waals surface area contributed by atoms with Gasteiger partial charge in [-0.1, -0.05) is 63.4 Å². The van der Waals surface area contributed by atoms with Gasteiger partial charge in [-0.25, -0.2) is 4.79 Å². The van der Waals surface area contributed by atoms with Crippen LogP contribution in [0, 0.1) is 5.92 Å². The largest absolute Gasteiger partial charge is 0.445 e. The van der Waals surface area contributed by atoms with Crippen LogP contribution >= 0.6 is 0 Å². The van der Waals surface area contributed by atoms with Gasteiger partial charge in [-0.3, -0.25) is 9.59 Å². The van der Waals surface area contributed by atoms with Gasteiger partial charge in [0.15, 0.2) is 6.10 Å². The molecule has 0 radical (unpaired) electrons. The number of ether oxygens (including phenoxy) is 1. The normalized spacial score (nSPS) is 20.8. The van der Waals surface area contributed by atoms with Crippen LogP contribution in [0.15, 0.2) is 30.3 Å². The first-order valence-electron chi connectivity index (χ1n) is 12.1. The lowest BCUT2D eigenvalue weighted by atomic mass is 9.95. The zero-order valence-electron chi connectivity index (χ0n) is 19.7. The summed E-state index contributed by atoms with van der Waals surface area (Å²) in [4.78, 5) is 39.9. The van der Waals surface area contributed by atoms with E-state index >= 15 is 0 Å². The highest BCUT2D eigenvalue weighted by molar-refractivity contribution is 5.88. The molecule has 8 heteroatoms. The molecule has 3 rings (SSSR count). The summed E-state index contributed by atoms with van der Waals surface area (Å²) in [6, 6.07) is 8.01. The lowest BCUT2D eigenvalue weighted by Gasteiger charge is -2.33.